The topological polar surface area (TPSA) is 15.3 Å². The minimum Gasteiger partial charge on any atom is -0.309 e. The van der Waals surface area contributed by atoms with Crippen molar-refractivity contribution in [2.24, 2.45) is 5.41 Å². The molecule has 1 aliphatic heterocycles. The summed E-state index contributed by atoms with van der Waals surface area (Å²) in [5, 5.41) is 3.72. The predicted molar refractivity (Wildman–Crippen MR) is 84.8 cm³/mol. The van der Waals surface area contributed by atoms with Crippen LogP contribution in [0.5, 0.6) is 0 Å². The van der Waals surface area contributed by atoms with Crippen molar-refractivity contribution in [1.82, 2.24) is 10.2 Å². The van der Waals surface area contributed by atoms with Gasteiger partial charge in [-0.25, -0.2) is 0 Å². The Bertz CT molecular complexity index is 411. The lowest BCUT2D eigenvalue weighted by Crippen LogP contribution is -2.35. The molecule has 0 aromatic heterocycles. The third-order valence-electron chi connectivity index (χ3n) is 4.98. The molecule has 1 atom stereocenters. The van der Waals surface area contributed by atoms with Crippen molar-refractivity contribution in [3.8, 4) is 0 Å². The lowest BCUT2D eigenvalue weighted by Gasteiger charge is -2.28. The largest absolute Gasteiger partial charge is 0.309 e. The number of hydrogen-bond donors (Lipinski definition) is 1. The molecule has 3 rings (SSSR count). The minimum atomic E-state index is 0.510. The third kappa shape index (κ3) is 3.42. The van der Waals surface area contributed by atoms with Crippen LogP contribution in [-0.2, 0) is 0 Å². The zero-order chi connectivity index (χ0) is 13.8. The first-order chi connectivity index (χ1) is 9.81. The number of nitrogens with zero attached hydrogens (tertiary/aromatic N) is 1. The highest BCUT2D eigenvalue weighted by molar-refractivity contribution is 5.19. The number of benzene rings is 1. The van der Waals surface area contributed by atoms with Gasteiger partial charge in [0.2, 0.25) is 0 Å². The zero-order valence-electron chi connectivity index (χ0n) is 12.8. The van der Waals surface area contributed by atoms with Crippen LogP contribution in [0.25, 0.3) is 0 Å². The number of hydrogen-bond acceptors (Lipinski definition) is 2. The molecule has 0 amide bonds. The Labute approximate surface area is 123 Å². The monoisotopic (exact) mass is 272 g/mol. The van der Waals surface area contributed by atoms with Gasteiger partial charge in [0.1, 0.15) is 0 Å². The van der Waals surface area contributed by atoms with E-state index in [2.05, 4.69) is 47.5 Å². The van der Waals surface area contributed by atoms with Gasteiger partial charge in [0.15, 0.2) is 0 Å². The zero-order valence-corrected chi connectivity index (χ0v) is 12.8. The number of rotatable bonds is 5. The minimum absolute atomic E-state index is 0.510. The van der Waals surface area contributed by atoms with E-state index in [-0.39, 0.29) is 0 Å². The summed E-state index contributed by atoms with van der Waals surface area (Å²) < 4.78 is 0. The summed E-state index contributed by atoms with van der Waals surface area (Å²) in [6.45, 7) is 7.25. The smallest absolute Gasteiger partial charge is 0.0449 e. The fourth-order valence-corrected chi connectivity index (χ4v) is 3.71. The Morgan fingerprint density at radius 1 is 1.25 bits per heavy atom. The van der Waals surface area contributed by atoms with Crippen molar-refractivity contribution in [3.05, 3.63) is 35.9 Å². The summed E-state index contributed by atoms with van der Waals surface area (Å²) in [5.74, 6) is 0. The van der Waals surface area contributed by atoms with Gasteiger partial charge in [0.05, 0.1) is 0 Å². The molecule has 1 saturated carbocycles. The summed E-state index contributed by atoms with van der Waals surface area (Å²) in [4.78, 5) is 2.72. The highest BCUT2D eigenvalue weighted by Crippen LogP contribution is 2.50. The van der Waals surface area contributed by atoms with E-state index in [4.69, 9.17) is 0 Å². The molecule has 2 nitrogen and oxygen atoms in total. The summed E-state index contributed by atoms with van der Waals surface area (Å²) in [6.07, 6.45) is 6.97. The van der Waals surface area contributed by atoms with Crippen LogP contribution in [0.15, 0.2) is 30.3 Å². The quantitative estimate of drug-likeness (QED) is 0.881. The van der Waals surface area contributed by atoms with Crippen LogP contribution >= 0.6 is 0 Å². The highest BCUT2D eigenvalue weighted by Gasteiger charge is 2.42. The molecule has 1 aromatic carbocycles. The number of nitrogens with one attached hydrogen (secondary N) is 1. The molecule has 1 heterocycles. The maximum atomic E-state index is 3.72. The van der Waals surface area contributed by atoms with Crippen LogP contribution in [-0.4, -0.2) is 31.1 Å². The van der Waals surface area contributed by atoms with Crippen molar-refractivity contribution in [1.29, 1.82) is 0 Å². The molecule has 0 bridgehead atoms. The Balaban J connectivity index is 1.64. The lowest BCUT2D eigenvalue weighted by molar-refractivity contribution is 0.208. The molecule has 1 aliphatic carbocycles. The van der Waals surface area contributed by atoms with Gasteiger partial charge in [-0.15, -0.1) is 0 Å². The third-order valence-corrected chi connectivity index (χ3v) is 4.98. The average molecular weight is 272 g/mol. The molecule has 1 saturated heterocycles. The van der Waals surface area contributed by atoms with E-state index in [1.54, 1.807) is 0 Å². The van der Waals surface area contributed by atoms with Crippen molar-refractivity contribution >= 4 is 0 Å². The highest BCUT2D eigenvalue weighted by atomic mass is 15.2. The van der Waals surface area contributed by atoms with E-state index in [1.165, 1.54) is 57.3 Å². The summed E-state index contributed by atoms with van der Waals surface area (Å²) in [5.41, 5.74) is 2.13. The van der Waals surface area contributed by atoms with E-state index in [0.717, 1.165) is 6.54 Å². The maximum Gasteiger partial charge on any atom is 0.0449 e. The second kappa shape index (κ2) is 6.28. The Kier molecular flexibility index (Phi) is 4.42. The van der Waals surface area contributed by atoms with E-state index in [1.807, 2.05) is 0 Å². The van der Waals surface area contributed by atoms with Gasteiger partial charge < -0.3 is 10.2 Å². The predicted octanol–water partition coefficient (Wildman–Crippen LogP) is 3.60. The van der Waals surface area contributed by atoms with E-state index < -0.39 is 0 Å². The average Bonchev–Trinajstić information content (AvgIpc) is 3.25. The molecule has 0 radical (unpaired) electrons. The Morgan fingerprint density at radius 2 is 2.05 bits per heavy atom. The summed E-state index contributed by atoms with van der Waals surface area (Å²) in [7, 11) is 0. The molecule has 1 aromatic rings. The standard InChI is InChI=1S/C18H28N2/c1-2-9-18(10-11-18)15-20-13-6-12-19-17(14-20)16-7-4-3-5-8-16/h3-5,7-8,17,19H,2,6,9-15H2,1H3. The van der Waals surface area contributed by atoms with Crippen molar-refractivity contribution in [2.45, 2.75) is 45.1 Å². The van der Waals surface area contributed by atoms with Gasteiger partial charge in [0.25, 0.3) is 0 Å². The molecular weight excluding hydrogens is 244 g/mol. The van der Waals surface area contributed by atoms with E-state index in [0.29, 0.717) is 11.5 Å². The van der Waals surface area contributed by atoms with Crippen LogP contribution in [0, 0.1) is 5.41 Å². The molecular formula is C18H28N2. The van der Waals surface area contributed by atoms with Gasteiger partial charge in [-0.1, -0.05) is 43.7 Å². The Morgan fingerprint density at radius 3 is 2.75 bits per heavy atom. The van der Waals surface area contributed by atoms with Crippen molar-refractivity contribution in [3.63, 3.8) is 0 Å². The summed E-state index contributed by atoms with van der Waals surface area (Å²) in [6, 6.07) is 11.5. The van der Waals surface area contributed by atoms with Gasteiger partial charge >= 0.3 is 0 Å². The fourth-order valence-electron chi connectivity index (χ4n) is 3.71. The molecule has 110 valence electrons. The van der Waals surface area contributed by atoms with Gasteiger partial charge in [-0.3, -0.25) is 0 Å². The van der Waals surface area contributed by atoms with Crippen LogP contribution in [0.3, 0.4) is 0 Å². The summed E-state index contributed by atoms with van der Waals surface area (Å²) >= 11 is 0. The second-order valence-electron chi connectivity index (χ2n) is 6.76. The van der Waals surface area contributed by atoms with Crippen molar-refractivity contribution in [2.75, 3.05) is 26.2 Å². The maximum absolute atomic E-state index is 3.72. The molecule has 2 aliphatic rings. The molecule has 0 spiro atoms. The lowest BCUT2D eigenvalue weighted by atomic mass is 9.99. The van der Waals surface area contributed by atoms with E-state index >= 15 is 0 Å². The molecule has 2 heteroatoms. The first-order valence-corrected chi connectivity index (χ1v) is 8.32. The molecule has 1 N–H and O–H groups in total. The SMILES string of the molecule is CCCC1(CN2CCCNC(c3ccccc3)C2)CC1. The fraction of sp³-hybridized carbons (Fsp3) is 0.667. The van der Waals surface area contributed by atoms with E-state index in [9.17, 15) is 0 Å². The molecule has 20 heavy (non-hydrogen) atoms. The van der Waals surface area contributed by atoms with Crippen LogP contribution in [0.2, 0.25) is 0 Å². The normalized spacial score (nSPS) is 26.1. The van der Waals surface area contributed by atoms with Crippen LogP contribution < -0.4 is 5.32 Å². The van der Waals surface area contributed by atoms with Gasteiger partial charge in [0, 0.05) is 19.1 Å². The Hall–Kier alpha value is -0.860. The first-order valence-electron chi connectivity index (χ1n) is 8.32. The molecule has 2 fully saturated rings. The van der Waals surface area contributed by atoms with Crippen molar-refractivity contribution < 1.29 is 0 Å². The second-order valence-corrected chi connectivity index (χ2v) is 6.76. The van der Waals surface area contributed by atoms with Gasteiger partial charge in [-0.05, 0) is 49.8 Å². The molecule has 1 unspecified atom stereocenters. The van der Waals surface area contributed by atoms with Crippen LogP contribution in [0.1, 0.15) is 50.6 Å². The van der Waals surface area contributed by atoms with Gasteiger partial charge in [-0.2, -0.15) is 0 Å². The van der Waals surface area contributed by atoms with Crippen LogP contribution in [0.4, 0.5) is 0 Å². The first kappa shape index (κ1) is 14.1.